The van der Waals surface area contributed by atoms with Crippen LogP contribution in [0.25, 0.3) is 0 Å². The summed E-state index contributed by atoms with van der Waals surface area (Å²) >= 11 is 0. The number of rotatable bonds is 3. The highest BCUT2D eigenvalue weighted by Gasteiger charge is 2.41. The van der Waals surface area contributed by atoms with E-state index in [0.717, 1.165) is 12.0 Å². The molecule has 0 saturated carbocycles. The average Bonchev–Trinajstić information content (AvgIpc) is 2.73. The highest BCUT2D eigenvalue weighted by atomic mass is 32.2. The van der Waals surface area contributed by atoms with Crippen LogP contribution in [0.4, 0.5) is 0 Å². The molecule has 0 unspecified atom stereocenters. The molecule has 3 rings (SSSR count). The first kappa shape index (κ1) is 16.4. The Bertz CT molecular complexity index is 687. The van der Waals surface area contributed by atoms with Crippen molar-refractivity contribution in [3.05, 3.63) is 29.8 Å². The molecule has 126 valence electrons. The number of aryl methyl sites for hydroxylation is 1. The molecule has 2 atom stereocenters. The highest BCUT2D eigenvalue weighted by Crippen LogP contribution is 2.25. The lowest BCUT2D eigenvalue weighted by Gasteiger charge is -2.28. The van der Waals surface area contributed by atoms with Gasteiger partial charge in [-0.25, -0.2) is 8.42 Å². The van der Waals surface area contributed by atoms with Crippen molar-refractivity contribution in [2.45, 2.75) is 24.3 Å². The van der Waals surface area contributed by atoms with Crippen molar-refractivity contribution in [3.63, 3.8) is 0 Å². The second-order valence-corrected chi connectivity index (χ2v) is 8.09. The maximum Gasteiger partial charge on any atom is 0.243 e. The molecule has 2 bridgehead atoms. The summed E-state index contributed by atoms with van der Waals surface area (Å²) in [4.78, 5) is 14.3. The molecule has 2 aliphatic rings. The first-order valence-corrected chi connectivity index (χ1v) is 9.31. The molecule has 23 heavy (non-hydrogen) atoms. The predicted octanol–water partition coefficient (Wildman–Crippen LogP) is 0.727. The van der Waals surface area contributed by atoms with E-state index in [1.54, 1.807) is 24.1 Å². The first-order valence-electron chi connectivity index (χ1n) is 7.87. The van der Waals surface area contributed by atoms with Crippen LogP contribution in [0.3, 0.4) is 0 Å². The molecule has 2 saturated heterocycles. The SMILES string of the molecule is CCc1ccc(S(=O)(=O)N2C[C@@H]3COC[C@H](C2)N(C)C3=O)cc1. The largest absolute Gasteiger partial charge is 0.378 e. The molecule has 1 amide bonds. The van der Waals surface area contributed by atoms with E-state index in [4.69, 9.17) is 4.74 Å². The monoisotopic (exact) mass is 338 g/mol. The number of hydrogen-bond donors (Lipinski definition) is 0. The number of nitrogens with zero attached hydrogens (tertiary/aromatic N) is 2. The Morgan fingerprint density at radius 2 is 1.87 bits per heavy atom. The van der Waals surface area contributed by atoms with Crippen molar-refractivity contribution in [2.75, 3.05) is 33.4 Å². The minimum atomic E-state index is -3.60. The maximum atomic E-state index is 12.9. The van der Waals surface area contributed by atoms with Crippen molar-refractivity contribution >= 4 is 15.9 Å². The summed E-state index contributed by atoms with van der Waals surface area (Å²) < 4.78 is 32.8. The summed E-state index contributed by atoms with van der Waals surface area (Å²) in [7, 11) is -1.88. The molecule has 1 aromatic rings. The van der Waals surface area contributed by atoms with Crippen molar-refractivity contribution in [1.29, 1.82) is 0 Å². The van der Waals surface area contributed by atoms with E-state index in [9.17, 15) is 13.2 Å². The van der Waals surface area contributed by atoms with Gasteiger partial charge < -0.3 is 9.64 Å². The fourth-order valence-corrected chi connectivity index (χ4v) is 4.62. The van der Waals surface area contributed by atoms with E-state index in [1.165, 1.54) is 4.31 Å². The van der Waals surface area contributed by atoms with Gasteiger partial charge in [0, 0.05) is 20.1 Å². The predicted molar refractivity (Wildman–Crippen MR) is 85.4 cm³/mol. The van der Waals surface area contributed by atoms with Gasteiger partial charge in [0.1, 0.15) is 0 Å². The Balaban J connectivity index is 1.92. The second kappa shape index (κ2) is 6.22. The lowest BCUT2D eigenvalue weighted by atomic mass is 10.1. The number of fused-ring (bicyclic) bond motifs is 3. The number of likely N-dealkylation sites (N-methyl/N-ethyl adjacent to an activating group) is 1. The van der Waals surface area contributed by atoms with Gasteiger partial charge in [-0.05, 0) is 24.1 Å². The smallest absolute Gasteiger partial charge is 0.243 e. The number of sulfonamides is 1. The van der Waals surface area contributed by atoms with Crippen LogP contribution >= 0.6 is 0 Å². The number of benzene rings is 1. The van der Waals surface area contributed by atoms with E-state index in [0.29, 0.717) is 6.61 Å². The molecule has 0 aliphatic carbocycles. The zero-order valence-electron chi connectivity index (χ0n) is 13.4. The molecule has 0 radical (unpaired) electrons. The Hall–Kier alpha value is -1.44. The van der Waals surface area contributed by atoms with Crippen molar-refractivity contribution in [2.24, 2.45) is 5.92 Å². The minimum absolute atomic E-state index is 0.0356. The van der Waals surface area contributed by atoms with Crippen LogP contribution in [-0.2, 0) is 26.0 Å². The van der Waals surface area contributed by atoms with Crippen molar-refractivity contribution < 1.29 is 17.9 Å². The molecule has 1 aromatic carbocycles. The number of hydrogen-bond acceptors (Lipinski definition) is 4. The van der Waals surface area contributed by atoms with Crippen molar-refractivity contribution in [3.8, 4) is 0 Å². The molecule has 0 N–H and O–H groups in total. The van der Waals surface area contributed by atoms with Gasteiger partial charge in [-0.3, -0.25) is 4.79 Å². The fourth-order valence-electron chi connectivity index (χ4n) is 3.10. The molecule has 6 nitrogen and oxygen atoms in total. The summed E-state index contributed by atoms with van der Waals surface area (Å²) in [5, 5.41) is 0. The van der Waals surface area contributed by atoms with Crippen LogP contribution in [-0.4, -0.2) is 62.9 Å². The molecular formula is C16H22N2O4S. The van der Waals surface area contributed by atoms with E-state index in [1.807, 2.05) is 19.1 Å². The third-order valence-electron chi connectivity index (χ3n) is 4.68. The van der Waals surface area contributed by atoms with Gasteiger partial charge >= 0.3 is 0 Å². The number of ether oxygens (including phenoxy) is 1. The zero-order valence-corrected chi connectivity index (χ0v) is 14.3. The van der Waals surface area contributed by atoms with Crippen LogP contribution in [0, 0.1) is 5.92 Å². The minimum Gasteiger partial charge on any atom is -0.378 e. The van der Waals surface area contributed by atoms with Crippen LogP contribution in [0.2, 0.25) is 0 Å². The molecule has 0 spiro atoms. The summed E-state index contributed by atoms with van der Waals surface area (Å²) in [6.07, 6.45) is 0.866. The number of carbonyl (C=O) groups excluding carboxylic acids is 1. The first-order chi connectivity index (χ1) is 10.9. The fraction of sp³-hybridized carbons (Fsp3) is 0.562. The lowest BCUT2D eigenvalue weighted by Crippen LogP contribution is -2.45. The number of carbonyl (C=O) groups is 1. The van der Waals surface area contributed by atoms with E-state index in [-0.39, 0.29) is 36.5 Å². The van der Waals surface area contributed by atoms with E-state index < -0.39 is 15.9 Å². The van der Waals surface area contributed by atoms with Crippen LogP contribution < -0.4 is 0 Å². The molecule has 2 aliphatic heterocycles. The normalized spacial score (nSPS) is 26.2. The number of amides is 1. The molecule has 2 fully saturated rings. The highest BCUT2D eigenvalue weighted by molar-refractivity contribution is 7.89. The van der Waals surface area contributed by atoms with Crippen LogP contribution in [0.5, 0.6) is 0 Å². The van der Waals surface area contributed by atoms with Crippen LogP contribution in [0.1, 0.15) is 12.5 Å². The van der Waals surface area contributed by atoms with Gasteiger partial charge in [-0.15, -0.1) is 0 Å². The summed E-state index contributed by atoms with van der Waals surface area (Å²) in [5.41, 5.74) is 1.10. The van der Waals surface area contributed by atoms with Gasteiger partial charge in [-0.1, -0.05) is 19.1 Å². The van der Waals surface area contributed by atoms with Crippen molar-refractivity contribution in [1.82, 2.24) is 9.21 Å². The molecule has 7 heteroatoms. The topological polar surface area (TPSA) is 66.9 Å². The van der Waals surface area contributed by atoms with Gasteiger partial charge in [0.25, 0.3) is 0 Å². The second-order valence-electron chi connectivity index (χ2n) is 6.16. The standard InChI is InChI=1S/C16H22N2O4S/c1-3-12-4-6-15(7-5-12)23(20,21)18-8-13-10-22-11-14(9-18)17(2)16(13)19/h4-7,13-14H,3,8-11H2,1-2H3/t13-,14+/m1/s1. The third-order valence-corrected chi connectivity index (χ3v) is 6.53. The van der Waals surface area contributed by atoms with E-state index in [2.05, 4.69) is 0 Å². The van der Waals surface area contributed by atoms with Gasteiger partial charge in [0.15, 0.2) is 0 Å². The average molecular weight is 338 g/mol. The molecule has 0 aromatic heterocycles. The third kappa shape index (κ3) is 3.00. The zero-order chi connectivity index (χ0) is 16.6. The quantitative estimate of drug-likeness (QED) is 0.815. The Morgan fingerprint density at radius 1 is 1.17 bits per heavy atom. The maximum absolute atomic E-state index is 12.9. The van der Waals surface area contributed by atoms with E-state index >= 15 is 0 Å². The van der Waals surface area contributed by atoms with Gasteiger partial charge in [-0.2, -0.15) is 4.31 Å². The van der Waals surface area contributed by atoms with Gasteiger partial charge in [0.05, 0.1) is 30.1 Å². The van der Waals surface area contributed by atoms with Crippen LogP contribution in [0.15, 0.2) is 29.2 Å². The Labute approximate surface area is 137 Å². The Kier molecular flexibility index (Phi) is 4.44. The summed E-state index contributed by atoms with van der Waals surface area (Å²) in [6, 6.07) is 6.74. The van der Waals surface area contributed by atoms with Gasteiger partial charge in [0.2, 0.25) is 15.9 Å². The lowest BCUT2D eigenvalue weighted by molar-refractivity contribution is -0.133. The summed E-state index contributed by atoms with van der Waals surface area (Å²) in [6.45, 7) is 3.13. The Morgan fingerprint density at radius 3 is 2.52 bits per heavy atom. The molecule has 2 heterocycles. The molecular weight excluding hydrogens is 316 g/mol. The summed E-state index contributed by atoms with van der Waals surface area (Å²) in [5.74, 6) is -0.469.